The number of aromatic nitrogens is 2. The summed E-state index contributed by atoms with van der Waals surface area (Å²) in [6, 6.07) is 1.78. The number of nitrogens with zero attached hydrogens (tertiary/aromatic N) is 4. The van der Waals surface area contributed by atoms with Gasteiger partial charge in [0.2, 0.25) is 0 Å². The number of carboxylic acid groups (broad SMARTS) is 1. The Morgan fingerprint density at radius 3 is 2.56 bits per heavy atom. The van der Waals surface area contributed by atoms with Crippen LogP contribution in [0, 0.1) is 0 Å². The van der Waals surface area contributed by atoms with Crippen molar-refractivity contribution in [3.05, 3.63) is 12.4 Å². The lowest BCUT2D eigenvalue weighted by molar-refractivity contribution is 0.142. The van der Waals surface area contributed by atoms with Gasteiger partial charge in [0.25, 0.3) is 0 Å². The van der Waals surface area contributed by atoms with Gasteiger partial charge in [-0.25, -0.2) is 14.8 Å². The number of rotatable bonds is 1. The summed E-state index contributed by atoms with van der Waals surface area (Å²) in [5.41, 5.74) is 0. The molecule has 1 fully saturated rings. The van der Waals surface area contributed by atoms with Gasteiger partial charge in [0.05, 0.1) is 5.03 Å². The van der Waals surface area contributed by atoms with Crippen LogP contribution in [0.2, 0.25) is 0 Å². The third-order valence-corrected chi connectivity index (χ3v) is 2.76. The summed E-state index contributed by atoms with van der Waals surface area (Å²) in [6.45, 7) is 2.30. The highest BCUT2D eigenvalue weighted by Gasteiger charge is 2.21. The maximum absolute atomic E-state index is 10.7. The highest BCUT2D eigenvalue weighted by atomic mass is 32.1. The molecule has 0 aliphatic carbocycles. The van der Waals surface area contributed by atoms with Crippen molar-refractivity contribution in [2.75, 3.05) is 31.1 Å². The highest BCUT2D eigenvalue weighted by Crippen LogP contribution is 2.15. The monoisotopic (exact) mass is 240 g/mol. The molecule has 2 rings (SSSR count). The van der Waals surface area contributed by atoms with Crippen molar-refractivity contribution in [2.45, 2.75) is 5.03 Å². The fourth-order valence-corrected chi connectivity index (χ4v) is 1.80. The molecule has 0 unspecified atom stereocenters. The average molecular weight is 240 g/mol. The Morgan fingerprint density at radius 2 is 2.00 bits per heavy atom. The fraction of sp³-hybridized carbons (Fsp3) is 0.444. The van der Waals surface area contributed by atoms with Crippen molar-refractivity contribution >= 4 is 24.5 Å². The predicted octanol–water partition coefficient (Wildman–Crippen LogP) is 0.565. The summed E-state index contributed by atoms with van der Waals surface area (Å²) in [5.74, 6) is 0.796. The smallest absolute Gasteiger partial charge is 0.407 e. The van der Waals surface area contributed by atoms with Crippen molar-refractivity contribution in [3.63, 3.8) is 0 Å². The van der Waals surface area contributed by atoms with Gasteiger partial charge in [0.1, 0.15) is 12.1 Å². The van der Waals surface area contributed by atoms with Gasteiger partial charge in [-0.15, -0.1) is 12.6 Å². The third-order valence-electron chi connectivity index (χ3n) is 2.51. The Kier molecular flexibility index (Phi) is 3.14. The molecule has 6 nitrogen and oxygen atoms in total. The molecule has 1 N–H and O–H groups in total. The van der Waals surface area contributed by atoms with Crippen LogP contribution in [0.4, 0.5) is 10.6 Å². The molecule has 1 saturated heterocycles. The van der Waals surface area contributed by atoms with Crippen LogP contribution in [0.1, 0.15) is 0 Å². The molecule has 86 valence electrons. The van der Waals surface area contributed by atoms with E-state index in [4.69, 9.17) is 5.11 Å². The van der Waals surface area contributed by atoms with Gasteiger partial charge < -0.3 is 14.9 Å². The molecule has 1 amide bonds. The maximum Gasteiger partial charge on any atom is 0.407 e. The molecular formula is C9H12N4O2S. The Labute approximate surface area is 98.3 Å². The molecule has 1 aromatic heterocycles. The molecule has 1 aliphatic rings. The van der Waals surface area contributed by atoms with Gasteiger partial charge >= 0.3 is 6.09 Å². The topological polar surface area (TPSA) is 69.6 Å². The first-order chi connectivity index (χ1) is 7.66. The van der Waals surface area contributed by atoms with Crippen LogP contribution >= 0.6 is 12.6 Å². The van der Waals surface area contributed by atoms with Crippen LogP contribution in [0.25, 0.3) is 0 Å². The van der Waals surface area contributed by atoms with Crippen LogP contribution in [-0.2, 0) is 0 Å². The molecule has 1 aliphatic heterocycles. The summed E-state index contributed by atoms with van der Waals surface area (Å²) in [4.78, 5) is 22.2. The second-order valence-electron chi connectivity index (χ2n) is 3.49. The maximum atomic E-state index is 10.7. The largest absolute Gasteiger partial charge is 0.465 e. The summed E-state index contributed by atoms with van der Waals surface area (Å²) in [7, 11) is 0. The van der Waals surface area contributed by atoms with Crippen LogP contribution in [0.15, 0.2) is 17.4 Å². The van der Waals surface area contributed by atoms with E-state index in [0.717, 1.165) is 5.82 Å². The number of amides is 1. The van der Waals surface area contributed by atoms with E-state index in [0.29, 0.717) is 31.2 Å². The normalized spacial score (nSPS) is 16.3. The number of carbonyl (C=O) groups is 1. The Bertz CT molecular complexity index is 393. The number of hydrogen-bond donors (Lipinski definition) is 2. The highest BCUT2D eigenvalue weighted by molar-refractivity contribution is 7.80. The molecule has 1 aromatic rings. The zero-order valence-corrected chi connectivity index (χ0v) is 9.47. The minimum atomic E-state index is -0.864. The van der Waals surface area contributed by atoms with Crippen molar-refractivity contribution in [1.29, 1.82) is 0 Å². The molecule has 0 aromatic carbocycles. The van der Waals surface area contributed by atoms with E-state index in [2.05, 4.69) is 22.6 Å². The minimum Gasteiger partial charge on any atom is -0.465 e. The lowest BCUT2D eigenvalue weighted by Crippen LogP contribution is -2.48. The summed E-state index contributed by atoms with van der Waals surface area (Å²) < 4.78 is 0. The molecule has 0 radical (unpaired) electrons. The SMILES string of the molecule is O=C(O)N1CCN(c2cc(S)ncn2)CC1. The Balaban J connectivity index is 2.01. The molecule has 16 heavy (non-hydrogen) atoms. The van der Waals surface area contributed by atoms with Crippen molar-refractivity contribution < 1.29 is 9.90 Å². The van der Waals surface area contributed by atoms with E-state index in [-0.39, 0.29) is 0 Å². The first-order valence-electron chi connectivity index (χ1n) is 4.90. The third kappa shape index (κ3) is 2.35. The second kappa shape index (κ2) is 4.56. The van der Waals surface area contributed by atoms with Gasteiger partial charge in [-0.2, -0.15) is 0 Å². The van der Waals surface area contributed by atoms with Crippen molar-refractivity contribution in [1.82, 2.24) is 14.9 Å². The van der Waals surface area contributed by atoms with Crippen LogP contribution in [0.5, 0.6) is 0 Å². The zero-order valence-electron chi connectivity index (χ0n) is 8.57. The lowest BCUT2D eigenvalue weighted by Gasteiger charge is -2.33. The van der Waals surface area contributed by atoms with Crippen LogP contribution in [-0.4, -0.2) is 52.2 Å². The number of anilines is 1. The van der Waals surface area contributed by atoms with E-state index in [9.17, 15) is 4.79 Å². The second-order valence-corrected chi connectivity index (χ2v) is 3.95. The van der Waals surface area contributed by atoms with E-state index in [1.807, 2.05) is 4.90 Å². The van der Waals surface area contributed by atoms with Gasteiger partial charge in [-0.05, 0) is 0 Å². The standard InChI is InChI=1S/C9H12N4O2S/c14-9(15)13-3-1-12(2-4-13)7-5-8(16)11-6-10-7/h5-6H,1-4H2,(H,14,15)(H,10,11,16). The molecule has 0 atom stereocenters. The van der Waals surface area contributed by atoms with Gasteiger partial charge in [0, 0.05) is 32.2 Å². The molecular weight excluding hydrogens is 228 g/mol. The first-order valence-corrected chi connectivity index (χ1v) is 5.35. The Morgan fingerprint density at radius 1 is 1.31 bits per heavy atom. The quantitative estimate of drug-likeness (QED) is 0.554. The predicted molar refractivity (Wildman–Crippen MR) is 61.1 cm³/mol. The summed E-state index contributed by atoms with van der Waals surface area (Å²) in [6.07, 6.45) is 0.596. The van der Waals surface area contributed by atoms with Crippen molar-refractivity contribution in [3.8, 4) is 0 Å². The number of hydrogen-bond acceptors (Lipinski definition) is 5. The first kappa shape index (κ1) is 11.0. The van der Waals surface area contributed by atoms with Gasteiger partial charge in [-0.3, -0.25) is 0 Å². The fourth-order valence-electron chi connectivity index (χ4n) is 1.64. The summed E-state index contributed by atoms with van der Waals surface area (Å²) >= 11 is 4.14. The number of thiol groups is 1. The molecule has 0 bridgehead atoms. The molecule has 2 heterocycles. The van der Waals surface area contributed by atoms with E-state index in [1.54, 1.807) is 6.07 Å². The van der Waals surface area contributed by atoms with Crippen molar-refractivity contribution in [2.24, 2.45) is 0 Å². The zero-order chi connectivity index (χ0) is 11.5. The number of piperazine rings is 1. The van der Waals surface area contributed by atoms with Crippen LogP contribution in [0.3, 0.4) is 0 Å². The lowest BCUT2D eigenvalue weighted by atomic mass is 10.3. The molecule has 7 heteroatoms. The Hall–Kier alpha value is -1.50. The molecule has 0 spiro atoms. The van der Waals surface area contributed by atoms with E-state index < -0.39 is 6.09 Å². The molecule has 0 saturated carbocycles. The average Bonchev–Trinajstić information content (AvgIpc) is 2.29. The summed E-state index contributed by atoms with van der Waals surface area (Å²) in [5, 5.41) is 9.43. The van der Waals surface area contributed by atoms with Gasteiger partial charge in [-0.1, -0.05) is 0 Å². The van der Waals surface area contributed by atoms with E-state index in [1.165, 1.54) is 11.2 Å². The van der Waals surface area contributed by atoms with E-state index >= 15 is 0 Å². The van der Waals surface area contributed by atoms with Crippen LogP contribution < -0.4 is 4.90 Å². The van der Waals surface area contributed by atoms with Gasteiger partial charge in [0.15, 0.2) is 0 Å². The minimum absolute atomic E-state index is 0.501.